The first-order chi connectivity index (χ1) is 13.0. The number of methoxy groups -OCH3 is 1. The van der Waals surface area contributed by atoms with E-state index < -0.39 is 0 Å². The molecule has 0 spiro atoms. The quantitative estimate of drug-likeness (QED) is 0.522. The number of benzene rings is 2. The molecule has 1 aliphatic rings. The number of hydrogen-bond acceptors (Lipinski definition) is 4. The van der Waals surface area contributed by atoms with Crippen LogP contribution in [0, 0.1) is 0 Å². The third-order valence-corrected chi connectivity index (χ3v) is 6.17. The Morgan fingerprint density at radius 2 is 1.89 bits per heavy atom. The normalized spacial score (nSPS) is 15.3. The minimum Gasteiger partial charge on any atom is -0.492 e. The van der Waals surface area contributed by atoms with Gasteiger partial charge in [-0.25, -0.2) is 0 Å². The summed E-state index contributed by atoms with van der Waals surface area (Å²) >= 11 is 7.11. The number of halogens is 2. The van der Waals surface area contributed by atoms with Crippen molar-refractivity contribution in [2.24, 2.45) is 5.10 Å². The average Bonchev–Trinajstić information content (AvgIpc) is 2.95. The van der Waals surface area contributed by atoms with Crippen molar-refractivity contribution in [2.75, 3.05) is 18.7 Å². The van der Waals surface area contributed by atoms with E-state index in [0.717, 1.165) is 20.2 Å². The largest absolute Gasteiger partial charge is 0.492 e. The average molecular weight is 494 g/mol. The van der Waals surface area contributed by atoms with Gasteiger partial charge >= 0.3 is 0 Å². The van der Waals surface area contributed by atoms with Crippen molar-refractivity contribution in [3.8, 4) is 11.5 Å². The van der Waals surface area contributed by atoms with Crippen LogP contribution < -0.4 is 14.5 Å². The van der Waals surface area contributed by atoms with Gasteiger partial charge in [-0.15, -0.1) is 0 Å². The molecule has 0 aromatic heterocycles. The topological polar surface area (TPSA) is 51.1 Å². The Morgan fingerprint density at radius 3 is 2.52 bits per heavy atom. The monoisotopic (exact) mass is 492 g/mol. The molecule has 0 saturated carbocycles. The SMILES string of the molecule is CCOc1cc(/C=C2/C(=O)N(c3ccccc3)N=C2C)c(Br)c(Br)c1OC. The van der Waals surface area contributed by atoms with Crippen molar-refractivity contribution in [1.29, 1.82) is 0 Å². The predicted octanol–water partition coefficient (Wildman–Crippen LogP) is 5.43. The number of carbonyl (C=O) groups excluding carboxylic acids is 1. The van der Waals surface area contributed by atoms with Crippen LogP contribution in [0.2, 0.25) is 0 Å². The molecule has 1 heterocycles. The summed E-state index contributed by atoms with van der Waals surface area (Å²) < 4.78 is 12.6. The summed E-state index contributed by atoms with van der Waals surface area (Å²) in [6.07, 6.45) is 1.81. The molecule has 0 aliphatic carbocycles. The Hall–Kier alpha value is -2.12. The number of nitrogens with zero attached hydrogens (tertiary/aromatic N) is 2. The Kier molecular flexibility index (Phi) is 6.01. The van der Waals surface area contributed by atoms with Gasteiger partial charge in [0.25, 0.3) is 5.91 Å². The molecule has 140 valence electrons. The fourth-order valence-corrected chi connectivity index (χ4v) is 3.74. The summed E-state index contributed by atoms with van der Waals surface area (Å²) in [5.74, 6) is 1.03. The lowest BCUT2D eigenvalue weighted by molar-refractivity contribution is -0.114. The highest BCUT2D eigenvalue weighted by Crippen LogP contribution is 2.43. The van der Waals surface area contributed by atoms with Crippen LogP contribution in [0.1, 0.15) is 19.4 Å². The molecule has 27 heavy (non-hydrogen) atoms. The van der Waals surface area contributed by atoms with Crippen LogP contribution in [0.4, 0.5) is 5.69 Å². The van der Waals surface area contributed by atoms with E-state index in [1.807, 2.05) is 50.2 Å². The van der Waals surface area contributed by atoms with E-state index in [4.69, 9.17) is 9.47 Å². The van der Waals surface area contributed by atoms with Gasteiger partial charge in [0.15, 0.2) is 11.5 Å². The van der Waals surface area contributed by atoms with E-state index in [1.54, 1.807) is 13.2 Å². The molecule has 2 aromatic rings. The van der Waals surface area contributed by atoms with E-state index >= 15 is 0 Å². The first-order valence-corrected chi connectivity index (χ1v) is 9.92. The van der Waals surface area contributed by atoms with Gasteiger partial charge in [0.1, 0.15) is 0 Å². The van der Waals surface area contributed by atoms with Gasteiger partial charge in [0.2, 0.25) is 0 Å². The molecule has 7 heteroatoms. The molecule has 0 N–H and O–H groups in total. The Morgan fingerprint density at radius 1 is 1.19 bits per heavy atom. The van der Waals surface area contributed by atoms with Crippen LogP contribution in [-0.4, -0.2) is 25.3 Å². The van der Waals surface area contributed by atoms with Gasteiger partial charge < -0.3 is 9.47 Å². The zero-order valence-electron chi connectivity index (χ0n) is 15.1. The summed E-state index contributed by atoms with van der Waals surface area (Å²) in [5.41, 5.74) is 2.70. The molecule has 0 radical (unpaired) electrons. The molecule has 5 nitrogen and oxygen atoms in total. The van der Waals surface area contributed by atoms with Crippen molar-refractivity contribution in [3.05, 3.63) is 56.5 Å². The molecule has 1 amide bonds. The van der Waals surface area contributed by atoms with E-state index in [0.29, 0.717) is 29.4 Å². The smallest absolute Gasteiger partial charge is 0.280 e. The Balaban J connectivity index is 2.04. The predicted molar refractivity (Wildman–Crippen MR) is 115 cm³/mol. The maximum Gasteiger partial charge on any atom is 0.280 e. The first kappa shape index (κ1) is 19.6. The molecule has 0 atom stereocenters. The minimum atomic E-state index is -0.171. The number of amides is 1. The fourth-order valence-electron chi connectivity index (χ4n) is 2.75. The number of hydrogen-bond donors (Lipinski definition) is 0. The summed E-state index contributed by atoms with van der Waals surface area (Å²) in [4.78, 5) is 12.9. The van der Waals surface area contributed by atoms with Gasteiger partial charge in [0.05, 0.1) is 35.2 Å². The summed E-state index contributed by atoms with van der Waals surface area (Å²) in [5, 5.41) is 5.82. The first-order valence-electron chi connectivity index (χ1n) is 8.33. The second kappa shape index (κ2) is 8.27. The molecule has 0 bridgehead atoms. The van der Waals surface area contributed by atoms with Crippen LogP contribution in [-0.2, 0) is 4.79 Å². The van der Waals surface area contributed by atoms with Crippen LogP contribution >= 0.6 is 31.9 Å². The van der Waals surface area contributed by atoms with Gasteiger partial charge in [-0.05, 0) is 75.5 Å². The highest BCUT2D eigenvalue weighted by molar-refractivity contribution is 9.13. The third kappa shape index (κ3) is 3.80. The standard InChI is InChI=1S/C20H18Br2N2O3/c1-4-27-16-11-13(17(21)18(22)19(16)26-3)10-15-12(2)23-24(20(15)25)14-8-6-5-7-9-14/h5-11H,4H2,1-3H3/b15-10+. The number of ether oxygens (including phenoxy) is 2. The van der Waals surface area contributed by atoms with Crippen molar-refractivity contribution in [1.82, 2.24) is 0 Å². The maximum absolute atomic E-state index is 12.9. The zero-order valence-corrected chi connectivity index (χ0v) is 18.3. The Bertz CT molecular complexity index is 940. The van der Waals surface area contributed by atoms with E-state index in [2.05, 4.69) is 37.0 Å². The molecule has 3 rings (SSSR count). The molecule has 1 aliphatic heterocycles. The van der Waals surface area contributed by atoms with Crippen LogP contribution in [0.3, 0.4) is 0 Å². The highest BCUT2D eigenvalue weighted by Gasteiger charge is 2.29. The van der Waals surface area contributed by atoms with Crippen LogP contribution in [0.25, 0.3) is 6.08 Å². The molecular formula is C20H18Br2N2O3. The molecular weight excluding hydrogens is 476 g/mol. The third-order valence-electron chi connectivity index (χ3n) is 4.02. The minimum absolute atomic E-state index is 0.171. The number of rotatable bonds is 5. The highest BCUT2D eigenvalue weighted by atomic mass is 79.9. The van der Waals surface area contributed by atoms with Crippen LogP contribution in [0.15, 0.2) is 56.0 Å². The summed E-state index contributed by atoms with van der Waals surface area (Å²) in [6.45, 7) is 4.23. The van der Waals surface area contributed by atoms with E-state index in [9.17, 15) is 4.79 Å². The van der Waals surface area contributed by atoms with Crippen molar-refractivity contribution in [3.63, 3.8) is 0 Å². The van der Waals surface area contributed by atoms with Gasteiger partial charge in [0, 0.05) is 4.47 Å². The van der Waals surface area contributed by atoms with Crippen molar-refractivity contribution < 1.29 is 14.3 Å². The number of hydrazone groups is 1. The summed E-state index contributed by atoms with van der Waals surface area (Å²) in [7, 11) is 1.59. The fraction of sp³-hybridized carbons (Fsp3) is 0.200. The van der Waals surface area contributed by atoms with Gasteiger partial charge in [-0.1, -0.05) is 18.2 Å². The molecule has 2 aromatic carbocycles. The van der Waals surface area contributed by atoms with Crippen molar-refractivity contribution >= 4 is 55.2 Å². The van der Waals surface area contributed by atoms with Gasteiger partial charge in [-0.3, -0.25) is 4.79 Å². The molecule has 0 saturated heterocycles. The maximum atomic E-state index is 12.9. The van der Waals surface area contributed by atoms with E-state index in [-0.39, 0.29) is 5.91 Å². The second-order valence-electron chi connectivity index (χ2n) is 5.75. The number of anilines is 1. The molecule has 0 unspecified atom stereocenters. The summed E-state index contributed by atoms with van der Waals surface area (Å²) in [6, 6.07) is 11.2. The lowest BCUT2D eigenvalue weighted by Gasteiger charge is -2.15. The van der Waals surface area contributed by atoms with Crippen LogP contribution in [0.5, 0.6) is 11.5 Å². The van der Waals surface area contributed by atoms with Crippen molar-refractivity contribution in [2.45, 2.75) is 13.8 Å². The van der Waals surface area contributed by atoms with E-state index in [1.165, 1.54) is 5.01 Å². The lowest BCUT2D eigenvalue weighted by Crippen LogP contribution is -2.21. The number of carbonyl (C=O) groups is 1. The zero-order chi connectivity index (χ0) is 19.6. The molecule has 0 fully saturated rings. The Labute approximate surface area is 174 Å². The second-order valence-corrected chi connectivity index (χ2v) is 7.34. The lowest BCUT2D eigenvalue weighted by atomic mass is 10.1. The van der Waals surface area contributed by atoms with Gasteiger partial charge in [-0.2, -0.15) is 10.1 Å². The number of para-hydroxylation sites is 1.